The molecule has 2 heterocycles. The molecule has 1 aliphatic rings. The molecule has 0 saturated carbocycles. The third-order valence-corrected chi connectivity index (χ3v) is 4.45. The summed E-state index contributed by atoms with van der Waals surface area (Å²) in [6.45, 7) is 5.73. The molecular weight excluding hydrogens is 331 g/mol. The van der Waals surface area contributed by atoms with E-state index in [1.165, 1.54) is 12.1 Å². The van der Waals surface area contributed by atoms with Gasteiger partial charge >= 0.3 is 6.18 Å². The first-order valence-electron chi connectivity index (χ1n) is 8.46. The summed E-state index contributed by atoms with van der Waals surface area (Å²) >= 11 is 0. The van der Waals surface area contributed by atoms with E-state index in [1.807, 2.05) is 6.20 Å². The molecule has 0 aliphatic carbocycles. The fourth-order valence-corrected chi connectivity index (χ4v) is 3.16. The maximum Gasteiger partial charge on any atom is 0.416 e. The predicted octanol–water partition coefficient (Wildman–Crippen LogP) is 3.37. The van der Waals surface area contributed by atoms with Crippen LogP contribution in [-0.4, -0.2) is 40.3 Å². The van der Waals surface area contributed by atoms with Gasteiger partial charge in [0.2, 0.25) is 0 Å². The van der Waals surface area contributed by atoms with Gasteiger partial charge in [-0.25, -0.2) is 4.98 Å². The number of alkyl halides is 3. The molecule has 1 aliphatic heterocycles. The third kappa shape index (κ3) is 4.61. The summed E-state index contributed by atoms with van der Waals surface area (Å²) in [5.74, 6) is 1.00. The summed E-state index contributed by atoms with van der Waals surface area (Å²) in [7, 11) is 0. The lowest BCUT2D eigenvalue weighted by molar-refractivity contribution is -0.137. The van der Waals surface area contributed by atoms with Crippen LogP contribution in [0.2, 0.25) is 0 Å². The molecule has 3 rings (SSSR count). The van der Waals surface area contributed by atoms with Gasteiger partial charge in [0.05, 0.1) is 24.8 Å². The first-order valence-corrected chi connectivity index (χ1v) is 8.46. The second-order valence-corrected chi connectivity index (χ2v) is 6.26. The van der Waals surface area contributed by atoms with E-state index < -0.39 is 11.7 Å². The van der Waals surface area contributed by atoms with E-state index in [2.05, 4.69) is 21.4 Å². The largest absolute Gasteiger partial charge is 0.416 e. The lowest BCUT2D eigenvalue weighted by Crippen LogP contribution is -2.43. The maximum absolute atomic E-state index is 12.8. The molecule has 0 radical (unpaired) electrons. The Morgan fingerprint density at radius 2 is 2.16 bits per heavy atom. The van der Waals surface area contributed by atoms with Gasteiger partial charge in [0.25, 0.3) is 0 Å². The van der Waals surface area contributed by atoms with Crippen LogP contribution in [-0.2, 0) is 30.4 Å². The number of aryl methyl sites for hydroxylation is 1. The topological polar surface area (TPSA) is 30.3 Å². The van der Waals surface area contributed by atoms with E-state index >= 15 is 0 Å². The van der Waals surface area contributed by atoms with E-state index in [0.717, 1.165) is 31.5 Å². The van der Waals surface area contributed by atoms with Gasteiger partial charge in [0.15, 0.2) is 0 Å². The van der Waals surface area contributed by atoms with Crippen LogP contribution in [0.3, 0.4) is 0 Å². The molecule has 0 amide bonds. The molecule has 1 fully saturated rings. The summed E-state index contributed by atoms with van der Waals surface area (Å²) in [6, 6.07) is 5.49. The van der Waals surface area contributed by atoms with Gasteiger partial charge in [-0.15, -0.1) is 0 Å². The quantitative estimate of drug-likeness (QED) is 0.826. The summed E-state index contributed by atoms with van der Waals surface area (Å²) in [4.78, 5) is 6.63. The highest BCUT2D eigenvalue weighted by Crippen LogP contribution is 2.30. The van der Waals surface area contributed by atoms with Crippen molar-refractivity contribution in [3.05, 3.63) is 53.6 Å². The van der Waals surface area contributed by atoms with Gasteiger partial charge in [0, 0.05) is 32.0 Å². The molecule has 4 nitrogen and oxygen atoms in total. The Balaban J connectivity index is 1.62. The maximum atomic E-state index is 12.8. The first kappa shape index (κ1) is 17.9. The molecule has 7 heteroatoms. The first-order chi connectivity index (χ1) is 12.0. The van der Waals surface area contributed by atoms with Crippen LogP contribution < -0.4 is 0 Å². The van der Waals surface area contributed by atoms with Gasteiger partial charge in [-0.1, -0.05) is 18.2 Å². The van der Waals surface area contributed by atoms with Gasteiger partial charge in [0.1, 0.15) is 5.82 Å². The van der Waals surface area contributed by atoms with Crippen molar-refractivity contribution in [2.24, 2.45) is 0 Å². The number of hydrogen-bond acceptors (Lipinski definition) is 3. The Labute approximate surface area is 145 Å². The molecule has 136 valence electrons. The van der Waals surface area contributed by atoms with E-state index in [1.54, 1.807) is 12.3 Å². The minimum absolute atomic E-state index is 0.109. The van der Waals surface area contributed by atoms with Crippen LogP contribution in [0.4, 0.5) is 13.2 Å². The Hall–Kier alpha value is -1.86. The van der Waals surface area contributed by atoms with E-state index in [4.69, 9.17) is 4.74 Å². The molecule has 1 saturated heterocycles. The average Bonchev–Trinajstić information content (AvgIpc) is 3.02. The number of benzene rings is 1. The normalized spacial score (nSPS) is 19.3. The number of nitrogens with zero attached hydrogens (tertiary/aromatic N) is 3. The average molecular weight is 353 g/mol. The number of ether oxygens (including phenoxy) is 1. The molecule has 0 spiro atoms. The van der Waals surface area contributed by atoms with E-state index in [-0.39, 0.29) is 6.10 Å². The molecule has 1 atom stereocenters. The predicted molar refractivity (Wildman–Crippen MR) is 88.1 cm³/mol. The molecule has 0 unspecified atom stereocenters. The number of hydrogen-bond donors (Lipinski definition) is 0. The molecular formula is C18H22F3N3O. The zero-order chi connectivity index (χ0) is 17.9. The monoisotopic (exact) mass is 353 g/mol. The number of rotatable bonds is 5. The third-order valence-electron chi connectivity index (χ3n) is 4.45. The van der Waals surface area contributed by atoms with Gasteiger partial charge < -0.3 is 9.30 Å². The Kier molecular flexibility index (Phi) is 5.44. The highest BCUT2D eigenvalue weighted by molar-refractivity contribution is 5.26. The van der Waals surface area contributed by atoms with E-state index in [0.29, 0.717) is 25.1 Å². The van der Waals surface area contributed by atoms with Crippen LogP contribution >= 0.6 is 0 Å². The zero-order valence-electron chi connectivity index (χ0n) is 14.2. The van der Waals surface area contributed by atoms with E-state index in [9.17, 15) is 13.2 Å². The van der Waals surface area contributed by atoms with Crippen molar-refractivity contribution >= 4 is 0 Å². The van der Waals surface area contributed by atoms with Crippen LogP contribution in [0.15, 0.2) is 36.7 Å². The second-order valence-electron chi connectivity index (χ2n) is 6.26. The SMILES string of the molecule is CCn1ccnc1CN1CCO[C@@H](Cc2cccc(C(F)(F)F)c2)C1. The molecule has 25 heavy (non-hydrogen) atoms. The molecule has 2 aromatic rings. The smallest absolute Gasteiger partial charge is 0.375 e. The minimum Gasteiger partial charge on any atom is -0.375 e. The molecule has 0 bridgehead atoms. The molecule has 1 aromatic carbocycles. The van der Waals surface area contributed by atoms with Crippen molar-refractivity contribution in [3.63, 3.8) is 0 Å². The molecule has 1 aromatic heterocycles. The standard InChI is InChI=1S/C18H22F3N3O/c1-2-24-7-6-22-17(24)13-23-8-9-25-16(12-23)11-14-4-3-5-15(10-14)18(19,20)21/h3-7,10,16H,2,8-9,11-13H2,1H3/t16-/m0/s1. The Morgan fingerprint density at radius 3 is 2.92 bits per heavy atom. The highest BCUT2D eigenvalue weighted by atomic mass is 19.4. The summed E-state index contributed by atoms with van der Waals surface area (Å²) in [5, 5.41) is 0. The summed E-state index contributed by atoms with van der Waals surface area (Å²) < 4.78 is 46.4. The number of imidazole rings is 1. The van der Waals surface area contributed by atoms with Crippen molar-refractivity contribution in [3.8, 4) is 0 Å². The lowest BCUT2D eigenvalue weighted by Gasteiger charge is -2.33. The fraction of sp³-hybridized carbons (Fsp3) is 0.500. The zero-order valence-corrected chi connectivity index (χ0v) is 14.2. The lowest BCUT2D eigenvalue weighted by atomic mass is 10.0. The highest BCUT2D eigenvalue weighted by Gasteiger charge is 2.30. The number of halogens is 3. The Bertz CT molecular complexity index is 699. The van der Waals surface area contributed by atoms with Crippen LogP contribution in [0, 0.1) is 0 Å². The fourth-order valence-electron chi connectivity index (χ4n) is 3.16. The van der Waals surface area contributed by atoms with Crippen molar-refractivity contribution in [2.45, 2.75) is 38.7 Å². The van der Waals surface area contributed by atoms with Gasteiger partial charge in [-0.2, -0.15) is 13.2 Å². The van der Waals surface area contributed by atoms with Crippen molar-refractivity contribution in [2.75, 3.05) is 19.7 Å². The Morgan fingerprint density at radius 1 is 1.32 bits per heavy atom. The number of aromatic nitrogens is 2. The second kappa shape index (κ2) is 7.58. The van der Waals surface area contributed by atoms with Crippen molar-refractivity contribution < 1.29 is 17.9 Å². The number of morpholine rings is 1. The van der Waals surface area contributed by atoms with Gasteiger partial charge in [-0.3, -0.25) is 4.90 Å². The van der Waals surface area contributed by atoms with Crippen LogP contribution in [0.1, 0.15) is 23.9 Å². The van der Waals surface area contributed by atoms with Crippen LogP contribution in [0.5, 0.6) is 0 Å². The van der Waals surface area contributed by atoms with Crippen LogP contribution in [0.25, 0.3) is 0 Å². The summed E-state index contributed by atoms with van der Waals surface area (Å²) in [6.07, 6.45) is -0.202. The molecule has 0 N–H and O–H groups in total. The van der Waals surface area contributed by atoms with Crippen molar-refractivity contribution in [1.29, 1.82) is 0 Å². The summed E-state index contributed by atoms with van der Waals surface area (Å²) in [5.41, 5.74) is 0.0411. The minimum atomic E-state index is -4.31. The van der Waals surface area contributed by atoms with Gasteiger partial charge in [-0.05, 0) is 25.0 Å². The van der Waals surface area contributed by atoms with Crippen molar-refractivity contribution in [1.82, 2.24) is 14.5 Å².